The van der Waals surface area contributed by atoms with Crippen molar-refractivity contribution in [2.45, 2.75) is 25.3 Å². The summed E-state index contributed by atoms with van der Waals surface area (Å²) < 4.78 is 0. The number of carboxylic acid groups (broad SMARTS) is 1. The second kappa shape index (κ2) is 11.0. The van der Waals surface area contributed by atoms with Crippen LogP contribution in [0.5, 0.6) is 0 Å². The lowest BCUT2D eigenvalue weighted by atomic mass is 10.0. The minimum atomic E-state index is -1.04. The number of carboxylic acids is 1. The van der Waals surface area contributed by atoms with E-state index in [0.29, 0.717) is 30.9 Å². The van der Waals surface area contributed by atoms with E-state index in [2.05, 4.69) is 5.32 Å². The number of aliphatic carboxylic acids is 1. The van der Waals surface area contributed by atoms with Gasteiger partial charge in [-0.2, -0.15) is 21.4 Å². The highest BCUT2D eigenvalue weighted by molar-refractivity contribution is 7.99. The highest BCUT2D eigenvalue weighted by Crippen LogP contribution is 2.19. The van der Waals surface area contributed by atoms with Gasteiger partial charge in [-0.3, -0.25) is 9.59 Å². The van der Waals surface area contributed by atoms with Crippen molar-refractivity contribution in [2.75, 3.05) is 18.1 Å². The zero-order chi connectivity index (χ0) is 16.3. The van der Waals surface area contributed by atoms with Crippen LogP contribution in [-0.4, -0.2) is 53.0 Å². The molecule has 1 saturated heterocycles. The first-order valence-corrected chi connectivity index (χ1v) is 7.43. The molecule has 21 heavy (non-hydrogen) atoms. The fraction of sp³-hybridized carbons (Fsp3) is 0.667. The van der Waals surface area contributed by atoms with Gasteiger partial charge in [-0.25, -0.2) is 4.79 Å². The lowest BCUT2D eigenvalue weighted by Crippen LogP contribution is -2.43. The highest BCUT2D eigenvalue weighted by atomic mass is 32.2. The third kappa shape index (κ3) is 8.23. The Morgan fingerprint density at radius 3 is 2.52 bits per heavy atom. The zero-order valence-corrected chi connectivity index (χ0v) is 12.2. The lowest BCUT2D eigenvalue weighted by Gasteiger charge is -2.13. The number of hydrogen-bond acceptors (Lipinski definition) is 7. The molecule has 1 heterocycles. The predicted molar refractivity (Wildman–Crippen MR) is 73.3 cm³/mol. The average molecular weight is 318 g/mol. The van der Waals surface area contributed by atoms with E-state index in [4.69, 9.17) is 20.4 Å². The Kier molecular flexibility index (Phi) is 10.1. The Labute approximate surface area is 125 Å². The van der Waals surface area contributed by atoms with Crippen molar-refractivity contribution in [1.29, 1.82) is 0 Å². The van der Waals surface area contributed by atoms with Gasteiger partial charge in [-0.1, -0.05) is 0 Å². The zero-order valence-electron chi connectivity index (χ0n) is 11.4. The highest BCUT2D eigenvalue weighted by Gasteiger charge is 2.30. The van der Waals surface area contributed by atoms with E-state index in [0.717, 1.165) is 0 Å². The molecule has 9 heteroatoms. The van der Waals surface area contributed by atoms with Crippen LogP contribution in [-0.2, 0) is 24.0 Å². The molecule has 0 bridgehead atoms. The Balaban J connectivity index is 0.00000122. The third-order valence-corrected chi connectivity index (χ3v) is 3.93. The van der Waals surface area contributed by atoms with Crippen molar-refractivity contribution in [3.8, 4) is 0 Å². The summed E-state index contributed by atoms with van der Waals surface area (Å²) in [4.78, 5) is 50.4. The van der Waals surface area contributed by atoms with E-state index >= 15 is 0 Å². The number of nitrogens with one attached hydrogen (secondary N) is 1. The van der Waals surface area contributed by atoms with Crippen LogP contribution in [0.25, 0.3) is 0 Å². The maximum absolute atomic E-state index is 11.8. The van der Waals surface area contributed by atoms with Crippen molar-refractivity contribution in [2.24, 2.45) is 11.7 Å². The smallest absolute Gasteiger partial charge is 0.373 e. The second-order valence-electron chi connectivity index (χ2n) is 4.35. The molecule has 1 amide bonds. The van der Waals surface area contributed by atoms with Gasteiger partial charge >= 0.3 is 12.1 Å². The van der Waals surface area contributed by atoms with Gasteiger partial charge in [0, 0.05) is 24.3 Å². The molecule has 4 N–H and O–H groups in total. The van der Waals surface area contributed by atoms with E-state index in [-0.39, 0.29) is 24.3 Å². The molecule has 1 aliphatic heterocycles. The molecule has 0 radical (unpaired) electrons. The number of amides is 1. The fourth-order valence-electron chi connectivity index (χ4n) is 1.70. The largest absolute Gasteiger partial charge is 0.480 e. The Morgan fingerprint density at radius 2 is 2.00 bits per heavy atom. The van der Waals surface area contributed by atoms with Crippen LogP contribution in [0.2, 0.25) is 0 Å². The number of carbonyl (C=O) groups is 3. The first kappa shape index (κ1) is 19.3. The molecule has 1 rings (SSSR count). The standard InChI is InChI=1S/C11H18N2O4S.CO2/c12-3-1-2-8(14)4-7-5-18-6-9(11(16)17)13-10(7)15;2-1-3/h7,9H,1-6,12H2,(H,13,15)(H,16,17);. The molecule has 0 aromatic heterocycles. The average Bonchev–Trinajstić information content (AvgIpc) is 2.60. The summed E-state index contributed by atoms with van der Waals surface area (Å²) in [5.41, 5.74) is 5.31. The van der Waals surface area contributed by atoms with Gasteiger partial charge in [-0.15, -0.1) is 0 Å². The minimum absolute atomic E-state index is 0.00924. The summed E-state index contributed by atoms with van der Waals surface area (Å²) >= 11 is 1.39. The quantitative estimate of drug-likeness (QED) is 0.567. The van der Waals surface area contributed by atoms with Gasteiger partial charge in [-0.05, 0) is 13.0 Å². The summed E-state index contributed by atoms with van der Waals surface area (Å²) in [6.07, 6.45) is 1.43. The maximum Gasteiger partial charge on any atom is 0.373 e. The van der Waals surface area contributed by atoms with Gasteiger partial charge < -0.3 is 16.2 Å². The van der Waals surface area contributed by atoms with Crippen molar-refractivity contribution >= 4 is 35.6 Å². The van der Waals surface area contributed by atoms with Gasteiger partial charge in [0.1, 0.15) is 11.8 Å². The molecule has 0 spiro atoms. The molecule has 0 aromatic rings. The number of thioether (sulfide) groups is 1. The van der Waals surface area contributed by atoms with Gasteiger partial charge in [0.05, 0.1) is 5.92 Å². The molecule has 8 nitrogen and oxygen atoms in total. The van der Waals surface area contributed by atoms with Crippen LogP contribution in [0, 0.1) is 5.92 Å². The second-order valence-corrected chi connectivity index (χ2v) is 5.43. The van der Waals surface area contributed by atoms with Gasteiger partial charge in [0.15, 0.2) is 0 Å². The van der Waals surface area contributed by atoms with Crippen molar-refractivity contribution in [1.82, 2.24) is 5.32 Å². The minimum Gasteiger partial charge on any atom is -0.480 e. The molecular formula is C12H18N2O6S. The van der Waals surface area contributed by atoms with Crippen LogP contribution in [0.1, 0.15) is 19.3 Å². The van der Waals surface area contributed by atoms with Crippen LogP contribution < -0.4 is 11.1 Å². The number of nitrogens with two attached hydrogens (primary N) is 1. The Morgan fingerprint density at radius 1 is 1.38 bits per heavy atom. The predicted octanol–water partition coefficient (Wildman–Crippen LogP) is -0.967. The monoisotopic (exact) mass is 318 g/mol. The summed E-state index contributed by atoms with van der Waals surface area (Å²) in [5.74, 6) is -0.961. The van der Waals surface area contributed by atoms with E-state index in [1.807, 2.05) is 0 Å². The van der Waals surface area contributed by atoms with Gasteiger partial charge in [0.25, 0.3) is 0 Å². The molecule has 1 fully saturated rings. The maximum atomic E-state index is 11.8. The van der Waals surface area contributed by atoms with Crippen LogP contribution in [0.4, 0.5) is 0 Å². The summed E-state index contributed by atoms with van der Waals surface area (Å²) in [6, 6.07) is -0.855. The lowest BCUT2D eigenvalue weighted by molar-refractivity contribution is -0.191. The summed E-state index contributed by atoms with van der Waals surface area (Å²) in [7, 11) is 0. The number of rotatable bonds is 6. The van der Waals surface area contributed by atoms with E-state index in [1.165, 1.54) is 11.8 Å². The van der Waals surface area contributed by atoms with Crippen molar-refractivity contribution in [3.63, 3.8) is 0 Å². The normalized spacial score (nSPS) is 21.1. The number of carbonyl (C=O) groups excluding carboxylic acids is 4. The molecule has 0 aliphatic carbocycles. The number of Topliss-reactive ketones (excluding diaryl/α,β-unsaturated/α-hetero) is 1. The fourth-order valence-corrected chi connectivity index (χ4v) is 2.85. The molecule has 0 aromatic carbocycles. The topological polar surface area (TPSA) is 144 Å². The third-order valence-electron chi connectivity index (χ3n) is 2.72. The van der Waals surface area contributed by atoms with E-state index in [1.54, 1.807) is 0 Å². The molecule has 1 aliphatic rings. The number of ketones is 1. The van der Waals surface area contributed by atoms with Gasteiger partial charge in [0.2, 0.25) is 5.91 Å². The SMILES string of the molecule is NCCCC(=O)CC1CSCC(C(=O)O)NC1=O.O=C=O. The first-order valence-electron chi connectivity index (χ1n) is 6.28. The molecule has 2 atom stereocenters. The van der Waals surface area contributed by atoms with Crippen molar-refractivity contribution < 1.29 is 29.1 Å². The van der Waals surface area contributed by atoms with Crippen molar-refractivity contribution in [3.05, 3.63) is 0 Å². The first-order chi connectivity index (χ1) is 9.96. The number of hydrogen-bond donors (Lipinski definition) is 3. The van der Waals surface area contributed by atoms with Crippen LogP contribution in [0.3, 0.4) is 0 Å². The van der Waals surface area contributed by atoms with Crippen LogP contribution in [0.15, 0.2) is 0 Å². The molecular weight excluding hydrogens is 300 g/mol. The Hall–Kier alpha value is -1.70. The Bertz CT molecular complexity index is 409. The van der Waals surface area contributed by atoms with E-state index in [9.17, 15) is 14.4 Å². The molecule has 2 unspecified atom stereocenters. The van der Waals surface area contributed by atoms with E-state index < -0.39 is 17.9 Å². The van der Waals surface area contributed by atoms with Crippen LogP contribution >= 0.6 is 11.8 Å². The summed E-state index contributed by atoms with van der Waals surface area (Å²) in [5, 5.41) is 11.3. The molecule has 0 saturated carbocycles. The summed E-state index contributed by atoms with van der Waals surface area (Å²) in [6.45, 7) is 0.457. The molecule has 118 valence electrons.